The van der Waals surface area contributed by atoms with Gasteiger partial charge in [-0.15, -0.1) is 0 Å². The number of amides is 1. The number of hydrogen-bond donors (Lipinski definition) is 1. The predicted octanol–water partition coefficient (Wildman–Crippen LogP) is 3.47. The molecule has 2 heterocycles. The molecular formula is C16H13NO3. The van der Waals surface area contributed by atoms with E-state index < -0.39 is 0 Å². The molecule has 1 aromatic carbocycles. The molecule has 0 saturated heterocycles. The van der Waals surface area contributed by atoms with Gasteiger partial charge in [0.05, 0.1) is 6.26 Å². The van der Waals surface area contributed by atoms with Crippen molar-refractivity contribution < 1.29 is 13.6 Å². The van der Waals surface area contributed by atoms with Crippen molar-refractivity contribution >= 4 is 5.91 Å². The molecule has 4 heteroatoms. The number of benzene rings is 1. The zero-order chi connectivity index (χ0) is 13.8. The first-order valence-electron chi connectivity index (χ1n) is 6.29. The molecule has 0 fully saturated rings. The molecule has 0 bridgehead atoms. The smallest absolute Gasteiger partial charge is 0.287 e. The summed E-state index contributed by atoms with van der Waals surface area (Å²) in [5, 5.41) is 2.81. The van der Waals surface area contributed by atoms with Gasteiger partial charge in [-0.2, -0.15) is 0 Å². The minimum absolute atomic E-state index is 0.244. The van der Waals surface area contributed by atoms with Crippen LogP contribution in [0.2, 0.25) is 0 Å². The Labute approximate surface area is 116 Å². The monoisotopic (exact) mass is 267 g/mol. The van der Waals surface area contributed by atoms with Crippen LogP contribution in [0.15, 0.2) is 69.7 Å². The lowest BCUT2D eigenvalue weighted by Crippen LogP contribution is -2.22. The Morgan fingerprint density at radius 2 is 1.80 bits per heavy atom. The molecule has 0 unspecified atom stereocenters. The van der Waals surface area contributed by atoms with E-state index in [-0.39, 0.29) is 11.7 Å². The lowest BCUT2D eigenvalue weighted by molar-refractivity contribution is 0.0924. The molecule has 20 heavy (non-hydrogen) atoms. The molecule has 0 aliphatic rings. The third kappa shape index (κ3) is 2.64. The largest absolute Gasteiger partial charge is 0.461 e. The maximum absolute atomic E-state index is 12.0. The molecule has 0 saturated carbocycles. The van der Waals surface area contributed by atoms with E-state index in [1.807, 2.05) is 30.3 Å². The summed E-state index contributed by atoms with van der Waals surface area (Å²) >= 11 is 0. The maximum atomic E-state index is 12.0. The van der Waals surface area contributed by atoms with Gasteiger partial charge in [-0.1, -0.05) is 30.3 Å². The fourth-order valence-corrected chi connectivity index (χ4v) is 1.88. The highest BCUT2D eigenvalue weighted by Gasteiger charge is 2.13. The molecular weight excluding hydrogens is 254 g/mol. The predicted molar refractivity (Wildman–Crippen MR) is 74.0 cm³/mol. The molecule has 1 N–H and O–H groups in total. The summed E-state index contributed by atoms with van der Waals surface area (Å²) < 4.78 is 10.7. The molecule has 0 atom stereocenters. The summed E-state index contributed by atoms with van der Waals surface area (Å²) in [6.07, 6.45) is 1.56. The van der Waals surface area contributed by atoms with E-state index in [0.717, 1.165) is 5.56 Å². The van der Waals surface area contributed by atoms with Gasteiger partial charge in [0.15, 0.2) is 17.3 Å². The lowest BCUT2D eigenvalue weighted by atomic mass is 10.2. The SMILES string of the molecule is O=C(NCc1ccccc1)c1ccc(-c2ccco2)o1. The third-order valence-electron chi connectivity index (χ3n) is 2.89. The highest BCUT2D eigenvalue weighted by Crippen LogP contribution is 2.22. The van der Waals surface area contributed by atoms with Gasteiger partial charge in [-0.3, -0.25) is 4.79 Å². The van der Waals surface area contributed by atoms with Crippen molar-refractivity contribution in [3.05, 3.63) is 72.2 Å². The van der Waals surface area contributed by atoms with Crippen LogP contribution in [-0.2, 0) is 6.54 Å². The zero-order valence-electron chi connectivity index (χ0n) is 10.7. The van der Waals surface area contributed by atoms with Gasteiger partial charge in [0.25, 0.3) is 5.91 Å². The molecule has 0 aliphatic carbocycles. The quantitative estimate of drug-likeness (QED) is 0.787. The molecule has 100 valence electrons. The molecule has 0 aliphatic heterocycles. The van der Waals surface area contributed by atoms with Crippen molar-refractivity contribution in [1.29, 1.82) is 0 Å². The minimum Gasteiger partial charge on any atom is -0.461 e. The van der Waals surface area contributed by atoms with E-state index in [4.69, 9.17) is 8.83 Å². The van der Waals surface area contributed by atoms with Gasteiger partial charge in [0, 0.05) is 6.54 Å². The standard InChI is InChI=1S/C16H13NO3/c18-16(17-11-12-5-2-1-3-6-12)15-9-8-14(20-15)13-7-4-10-19-13/h1-10H,11H2,(H,17,18). The highest BCUT2D eigenvalue weighted by molar-refractivity contribution is 5.91. The normalized spacial score (nSPS) is 10.4. The fourth-order valence-electron chi connectivity index (χ4n) is 1.88. The topological polar surface area (TPSA) is 55.4 Å². The van der Waals surface area contributed by atoms with Crippen LogP contribution in [0, 0.1) is 0 Å². The average Bonchev–Trinajstić information content (AvgIpc) is 3.16. The Kier molecular flexibility index (Phi) is 3.37. The minimum atomic E-state index is -0.244. The van der Waals surface area contributed by atoms with Crippen LogP contribution in [-0.4, -0.2) is 5.91 Å². The van der Waals surface area contributed by atoms with Crippen LogP contribution >= 0.6 is 0 Å². The first-order chi connectivity index (χ1) is 9.83. The number of nitrogens with one attached hydrogen (secondary N) is 1. The maximum Gasteiger partial charge on any atom is 0.287 e. The van der Waals surface area contributed by atoms with Crippen molar-refractivity contribution in [3.63, 3.8) is 0 Å². The Hall–Kier alpha value is -2.75. The van der Waals surface area contributed by atoms with Crippen molar-refractivity contribution in [1.82, 2.24) is 5.32 Å². The van der Waals surface area contributed by atoms with Crippen LogP contribution < -0.4 is 5.32 Å². The number of carbonyl (C=O) groups excluding carboxylic acids is 1. The van der Waals surface area contributed by atoms with Crippen molar-refractivity contribution in [2.45, 2.75) is 6.54 Å². The van der Waals surface area contributed by atoms with Gasteiger partial charge in [0.2, 0.25) is 0 Å². The van der Waals surface area contributed by atoms with Crippen molar-refractivity contribution in [2.24, 2.45) is 0 Å². The molecule has 0 spiro atoms. The number of hydrogen-bond acceptors (Lipinski definition) is 3. The number of furan rings is 2. The summed E-state index contributed by atoms with van der Waals surface area (Å²) in [6.45, 7) is 0.469. The molecule has 3 aromatic rings. The average molecular weight is 267 g/mol. The number of carbonyl (C=O) groups is 1. The van der Waals surface area contributed by atoms with Gasteiger partial charge >= 0.3 is 0 Å². The summed E-state index contributed by atoms with van der Waals surface area (Å²) in [7, 11) is 0. The van der Waals surface area contributed by atoms with Crippen LogP contribution in [0.5, 0.6) is 0 Å². The second-order valence-electron chi connectivity index (χ2n) is 4.31. The van der Waals surface area contributed by atoms with E-state index in [1.54, 1.807) is 30.5 Å². The Balaban J connectivity index is 1.66. The summed E-state index contributed by atoms with van der Waals surface area (Å²) in [5.41, 5.74) is 1.04. The Bertz CT molecular complexity index is 684. The third-order valence-corrected chi connectivity index (χ3v) is 2.89. The van der Waals surface area contributed by atoms with Crippen LogP contribution in [0.3, 0.4) is 0 Å². The van der Waals surface area contributed by atoms with Gasteiger partial charge in [0.1, 0.15) is 0 Å². The van der Waals surface area contributed by atoms with Crippen LogP contribution in [0.1, 0.15) is 16.1 Å². The molecule has 1 amide bonds. The molecule has 0 radical (unpaired) electrons. The van der Waals surface area contributed by atoms with Gasteiger partial charge in [-0.25, -0.2) is 0 Å². The van der Waals surface area contributed by atoms with Crippen molar-refractivity contribution in [2.75, 3.05) is 0 Å². The summed E-state index contributed by atoms with van der Waals surface area (Å²) in [5.74, 6) is 1.17. The lowest BCUT2D eigenvalue weighted by Gasteiger charge is -2.02. The van der Waals surface area contributed by atoms with E-state index in [9.17, 15) is 4.79 Å². The number of rotatable bonds is 4. The molecule has 3 rings (SSSR count). The van der Waals surface area contributed by atoms with Crippen LogP contribution in [0.25, 0.3) is 11.5 Å². The van der Waals surface area contributed by atoms with E-state index in [0.29, 0.717) is 18.1 Å². The zero-order valence-corrected chi connectivity index (χ0v) is 10.7. The Morgan fingerprint density at radius 3 is 2.55 bits per heavy atom. The second-order valence-corrected chi connectivity index (χ2v) is 4.31. The Morgan fingerprint density at radius 1 is 0.950 bits per heavy atom. The van der Waals surface area contributed by atoms with E-state index in [2.05, 4.69) is 5.32 Å². The molecule has 4 nitrogen and oxygen atoms in total. The second kappa shape index (κ2) is 5.48. The van der Waals surface area contributed by atoms with Gasteiger partial charge in [-0.05, 0) is 29.8 Å². The van der Waals surface area contributed by atoms with Crippen LogP contribution in [0.4, 0.5) is 0 Å². The van der Waals surface area contributed by atoms with E-state index >= 15 is 0 Å². The first kappa shape index (κ1) is 12.3. The first-order valence-corrected chi connectivity index (χ1v) is 6.29. The highest BCUT2D eigenvalue weighted by atomic mass is 16.4. The molecule has 2 aromatic heterocycles. The fraction of sp³-hybridized carbons (Fsp3) is 0.0625. The summed E-state index contributed by atoms with van der Waals surface area (Å²) in [6, 6.07) is 16.6. The van der Waals surface area contributed by atoms with Crippen molar-refractivity contribution in [3.8, 4) is 11.5 Å². The van der Waals surface area contributed by atoms with Gasteiger partial charge < -0.3 is 14.2 Å². The van der Waals surface area contributed by atoms with E-state index in [1.165, 1.54) is 0 Å². The summed E-state index contributed by atoms with van der Waals surface area (Å²) in [4.78, 5) is 12.0.